The van der Waals surface area contributed by atoms with Crippen LogP contribution in [0.5, 0.6) is 0 Å². The summed E-state index contributed by atoms with van der Waals surface area (Å²) in [4.78, 5) is 2.32. The first-order valence-corrected chi connectivity index (χ1v) is 16.4. The molecule has 0 atom stereocenters. The minimum atomic E-state index is 0.896. The SMILES string of the molecule is c1ccc(N(c2ccc3c(c2)sc2cc4cc5c(cc4cc23)sc2ccccc25)c2cccc3c2oc2ccccc23)cc1. The molecule has 0 saturated heterocycles. The molecule has 2 nitrogen and oxygen atoms in total. The van der Waals surface area contributed by atoms with E-state index in [9.17, 15) is 0 Å². The number of hydrogen-bond acceptors (Lipinski definition) is 4. The van der Waals surface area contributed by atoms with Gasteiger partial charge in [0.25, 0.3) is 0 Å². The van der Waals surface area contributed by atoms with Crippen molar-refractivity contribution in [1.82, 2.24) is 0 Å². The fourth-order valence-corrected chi connectivity index (χ4v) is 9.09. The molecule has 0 amide bonds. The van der Waals surface area contributed by atoms with E-state index in [1.807, 2.05) is 34.8 Å². The second-order valence-electron chi connectivity index (χ2n) is 11.3. The molecule has 0 N–H and O–H groups in total. The van der Waals surface area contributed by atoms with Crippen molar-refractivity contribution in [2.45, 2.75) is 0 Å². The molecule has 4 heteroatoms. The van der Waals surface area contributed by atoms with Gasteiger partial charge in [0.2, 0.25) is 0 Å². The third kappa shape index (κ3) is 3.53. The maximum atomic E-state index is 6.50. The lowest BCUT2D eigenvalue weighted by Crippen LogP contribution is -2.09. The van der Waals surface area contributed by atoms with Crippen molar-refractivity contribution < 1.29 is 4.42 Å². The van der Waals surface area contributed by atoms with E-state index in [1.54, 1.807) is 0 Å². The average Bonchev–Trinajstić information content (AvgIpc) is 3.74. The lowest BCUT2D eigenvalue weighted by molar-refractivity contribution is 0.669. The van der Waals surface area contributed by atoms with Gasteiger partial charge in [-0.15, -0.1) is 22.7 Å². The van der Waals surface area contributed by atoms with Crippen LogP contribution in [0.1, 0.15) is 0 Å². The van der Waals surface area contributed by atoms with Crippen LogP contribution in [-0.2, 0) is 0 Å². The largest absolute Gasteiger partial charge is 0.454 e. The van der Waals surface area contributed by atoms with Gasteiger partial charge in [-0.05, 0) is 77.5 Å². The van der Waals surface area contributed by atoms with E-state index in [1.165, 1.54) is 51.1 Å². The van der Waals surface area contributed by atoms with E-state index < -0.39 is 0 Å². The summed E-state index contributed by atoms with van der Waals surface area (Å²) < 4.78 is 11.8. The molecule has 0 spiro atoms. The fraction of sp³-hybridized carbons (Fsp3) is 0. The summed E-state index contributed by atoms with van der Waals surface area (Å²) in [6.45, 7) is 0. The van der Waals surface area contributed by atoms with Crippen molar-refractivity contribution in [3.63, 3.8) is 0 Å². The van der Waals surface area contributed by atoms with E-state index in [0.29, 0.717) is 0 Å². The summed E-state index contributed by atoms with van der Waals surface area (Å²) in [5, 5.41) is 10.1. The molecule has 206 valence electrons. The van der Waals surface area contributed by atoms with Crippen molar-refractivity contribution >= 4 is 113 Å². The second-order valence-corrected chi connectivity index (χ2v) is 13.5. The Morgan fingerprint density at radius 3 is 1.86 bits per heavy atom. The Hall–Kier alpha value is -5.16. The van der Waals surface area contributed by atoms with Gasteiger partial charge < -0.3 is 9.32 Å². The summed E-state index contributed by atoms with van der Waals surface area (Å²) in [6.07, 6.45) is 0. The summed E-state index contributed by atoms with van der Waals surface area (Å²) in [5.41, 5.74) is 5.04. The number of fused-ring (bicyclic) bond motifs is 10. The highest BCUT2D eigenvalue weighted by molar-refractivity contribution is 7.26. The Kier molecular flexibility index (Phi) is 5.06. The Morgan fingerprint density at radius 2 is 1.05 bits per heavy atom. The third-order valence-electron chi connectivity index (χ3n) is 8.81. The molecule has 0 aliphatic rings. The minimum Gasteiger partial charge on any atom is -0.454 e. The number of benzene rings is 7. The summed E-state index contributed by atoms with van der Waals surface area (Å²) in [5.74, 6) is 0. The van der Waals surface area contributed by atoms with Crippen LogP contribution in [-0.4, -0.2) is 0 Å². The van der Waals surface area contributed by atoms with E-state index in [4.69, 9.17) is 4.42 Å². The topological polar surface area (TPSA) is 16.4 Å². The lowest BCUT2D eigenvalue weighted by Gasteiger charge is -2.25. The van der Waals surface area contributed by atoms with Gasteiger partial charge in [0.15, 0.2) is 5.58 Å². The first-order chi connectivity index (χ1) is 21.8. The zero-order chi connectivity index (χ0) is 28.8. The lowest BCUT2D eigenvalue weighted by atomic mass is 10.0. The maximum absolute atomic E-state index is 6.50. The molecule has 3 heterocycles. The number of anilines is 3. The van der Waals surface area contributed by atoms with Gasteiger partial charge in [0.1, 0.15) is 5.58 Å². The van der Waals surface area contributed by atoms with Gasteiger partial charge in [-0.3, -0.25) is 0 Å². The smallest absolute Gasteiger partial charge is 0.159 e. The van der Waals surface area contributed by atoms with Gasteiger partial charge in [0, 0.05) is 62.5 Å². The van der Waals surface area contributed by atoms with Crippen LogP contribution in [0.3, 0.4) is 0 Å². The number of nitrogens with zero attached hydrogens (tertiary/aromatic N) is 1. The van der Waals surface area contributed by atoms with E-state index >= 15 is 0 Å². The Balaban J connectivity index is 1.18. The second kappa shape index (κ2) is 9.17. The molecule has 44 heavy (non-hydrogen) atoms. The van der Waals surface area contributed by atoms with Crippen molar-refractivity contribution in [2.75, 3.05) is 4.90 Å². The highest BCUT2D eigenvalue weighted by Crippen LogP contribution is 2.45. The molecule has 0 radical (unpaired) electrons. The molecule has 0 bridgehead atoms. The maximum Gasteiger partial charge on any atom is 0.159 e. The molecule has 0 saturated carbocycles. The van der Waals surface area contributed by atoms with Crippen LogP contribution < -0.4 is 4.90 Å². The third-order valence-corrected chi connectivity index (χ3v) is 11.1. The van der Waals surface area contributed by atoms with Crippen molar-refractivity contribution in [2.24, 2.45) is 0 Å². The molecule has 0 unspecified atom stereocenters. The molecule has 0 aliphatic heterocycles. The molecule has 10 aromatic rings. The summed E-state index contributed by atoms with van der Waals surface area (Å²) in [7, 11) is 0. The summed E-state index contributed by atoms with van der Waals surface area (Å²) >= 11 is 3.75. The van der Waals surface area contributed by atoms with Crippen molar-refractivity contribution in [3.8, 4) is 0 Å². The van der Waals surface area contributed by atoms with E-state index in [-0.39, 0.29) is 0 Å². The minimum absolute atomic E-state index is 0.896. The first kappa shape index (κ1) is 24.3. The Morgan fingerprint density at radius 1 is 0.409 bits per heavy atom. The molecule has 0 aliphatic carbocycles. The standard InChI is InChI=1S/C40H23NOS2/c1-2-9-26(10-3-1)41(34-14-8-13-31-28-11-4-6-15-35(28)42-40(31)34)27-17-18-30-33-20-25-21-37-32(29-12-5-7-16-36(29)43-37)19-24(25)22-38(33)44-39(30)23-27/h1-23H. The summed E-state index contributed by atoms with van der Waals surface area (Å²) in [6, 6.07) is 50.5. The van der Waals surface area contributed by atoms with Gasteiger partial charge in [-0.1, -0.05) is 72.8 Å². The fourth-order valence-electron chi connectivity index (χ4n) is 6.78. The highest BCUT2D eigenvalue weighted by atomic mass is 32.1. The van der Waals surface area contributed by atoms with Gasteiger partial charge in [-0.25, -0.2) is 0 Å². The van der Waals surface area contributed by atoms with Crippen LogP contribution in [0, 0.1) is 0 Å². The van der Waals surface area contributed by atoms with Crippen LogP contribution >= 0.6 is 22.7 Å². The number of furan rings is 1. The van der Waals surface area contributed by atoms with Crippen molar-refractivity contribution in [1.29, 1.82) is 0 Å². The predicted molar refractivity (Wildman–Crippen MR) is 192 cm³/mol. The first-order valence-electron chi connectivity index (χ1n) is 14.8. The van der Waals surface area contributed by atoms with Gasteiger partial charge in [-0.2, -0.15) is 0 Å². The number of thiophene rings is 2. The van der Waals surface area contributed by atoms with E-state index in [0.717, 1.165) is 39.0 Å². The van der Waals surface area contributed by atoms with Crippen LogP contribution in [0.4, 0.5) is 17.1 Å². The zero-order valence-electron chi connectivity index (χ0n) is 23.5. The predicted octanol–water partition coefficient (Wildman–Crippen LogP) is 12.9. The van der Waals surface area contributed by atoms with Gasteiger partial charge in [0.05, 0.1) is 5.69 Å². The molecule has 7 aromatic carbocycles. The van der Waals surface area contributed by atoms with Crippen LogP contribution in [0.2, 0.25) is 0 Å². The van der Waals surface area contributed by atoms with Gasteiger partial charge >= 0.3 is 0 Å². The Bertz CT molecular complexity index is 2730. The molecule has 10 rings (SSSR count). The molecular formula is C40H23NOS2. The van der Waals surface area contributed by atoms with Crippen LogP contribution in [0.25, 0.3) is 73.1 Å². The molecule has 0 fully saturated rings. The number of hydrogen-bond donors (Lipinski definition) is 0. The van der Waals surface area contributed by atoms with E-state index in [2.05, 4.69) is 132 Å². The number of para-hydroxylation sites is 3. The average molecular weight is 598 g/mol. The van der Waals surface area contributed by atoms with Crippen molar-refractivity contribution in [3.05, 3.63) is 140 Å². The normalized spacial score (nSPS) is 12.1. The molecule has 3 aromatic heterocycles. The number of rotatable bonds is 3. The highest BCUT2D eigenvalue weighted by Gasteiger charge is 2.20. The zero-order valence-corrected chi connectivity index (χ0v) is 25.1. The monoisotopic (exact) mass is 597 g/mol. The molecular weight excluding hydrogens is 575 g/mol. The quantitative estimate of drug-likeness (QED) is 0.201. The van der Waals surface area contributed by atoms with Crippen LogP contribution in [0.15, 0.2) is 144 Å². The Labute approximate surface area is 260 Å².